The molecule has 0 fully saturated rings. The Balaban J connectivity index is 2.49. The largest absolute Gasteiger partial charge is 0.439 e. The molecule has 0 aliphatic carbocycles. The molecule has 14 heavy (non-hydrogen) atoms. The minimum Gasteiger partial charge on any atom is -0.439 e. The van der Waals surface area contributed by atoms with E-state index in [1.807, 2.05) is 19.9 Å². The molecule has 0 atom stereocenters. The summed E-state index contributed by atoms with van der Waals surface area (Å²) in [5.41, 5.74) is 7.79. The standard InChI is InChI=1S/C10H11N3O/c1-6-10(14-7(2)13-6)9-4-3-8(11)5-12-9/h3-5H,11H2,1-2H3. The van der Waals surface area contributed by atoms with Crippen LogP contribution in [0.15, 0.2) is 22.7 Å². The molecule has 0 aliphatic heterocycles. The van der Waals surface area contributed by atoms with Crippen molar-refractivity contribution in [3.8, 4) is 11.5 Å². The average Bonchev–Trinajstić information content (AvgIpc) is 2.47. The van der Waals surface area contributed by atoms with Gasteiger partial charge in [0.2, 0.25) is 0 Å². The van der Waals surface area contributed by atoms with Crippen molar-refractivity contribution in [1.29, 1.82) is 0 Å². The number of hydrogen-bond acceptors (Lipinski definition) is 4. The van der Waals surface area contributed by atoms with Crippen molar-refractivity contribution in [2.75, 3.05) is 5.73 Å². The van der Waals surface area contributed by atoms with Gasteiger partial charge in [0.25, 0.3) is 0 Å². The first-order valence-corrected chi connectivity index (χ1v) is 4.33. The van der Waals surface area contributed by atoms with Gasteiger partial charge >= 0.3 is 0 Å². The van der Waals surface area contributed by atoms with Crippen LogP contribution in [0.25, 0.3) is 11.5 Å². The number of rotatable bonds is 1. The molecule has 2 N–H and O–H groups in total. The normalized spacial score (nSPS) is 10.4. The monoisotopic (exact) mass is 189 g/mol. The fourth-order valence-electron chi connectivity index (χ4n) is 1.31. The number of nitrogens with zero attached hydrogens (tertiary/aromatic N) is 2. The summed E-state index contributed by atoms with van der Waals surface area (Å²) < 4.78 is 5.43. The van der Waals surface area contributed by atoms with Crippen LogP contribution in [0.2, 0.25) is 0 Å². The summed E-state index contributed by atoms with van der Waals surface area (Å²) in [5.74, 6) is 1.36. The minimum absolute atomic E-state index is 0.641. The first kappa shape index (κ1) is 8.74. The van der Waals surface area contributed by atoms with Crippen molar-refractivity contribution in [3.63, 3.8) is 0 Å². The lowest BCUT2D eigenvalue weighted by Gasteiger charge is -1.96. The molecule has 2 aromatic rings. The molecule has 0 spiro atoms. The Bertz CT molecular complexity index is 445. The third-order valence-corrected chi connectivity index (χ3v) is 1.92. The molecule has 0 unspecified atom stereocenters. The molecule has 0 saturated heterocycles. The Morgan fingerprint density at radius 3 is 2.57 bits per heavy atom. The van der Waals surface area contributed by atoms with E-state index in [2.05, 4.69) is 9.97 Å². The third kappa shape index (κ3) is 1.46. The zero-order chi connectivity index (χ0) is 10.1. The SMILES string of the molecule is Cc1nc(C)c(-c2ccc(N)cn2)o1. The molecule has 2 rings (SSSR count). The molecule has 2 heterocycles. The van der Waals surface area contributed by atoms with Crippen LogP contribution in [-0.2, 0) is 0 Å². The molecule has 4 nitrogen and oxygen atoms in total. The molecule has 0 aromatic carbocycles. The lowest BCUT2D eigenvalue weighted by atomic mass is 10.2. The summed E-state index contributed by atoms with van der Waals surface area (Å²) in [5, 5.41) is 0. The number of oxazole rings is 1. The van der Waals surface area contributed by atoms with Gasteiger partial charge in [-0.05, 0) is 19.1 Å². The van der Waals surface area contributed by atoms with Gasteiger partial charge in [-0.3, -0.25) is 4.98 Å². The van der Waals surface area contributed by atoms with E-state index in [-0.39, 0.29) is 0 Å². The van der Waals surface area contributed by atoms with Crippen LogP contribution >= 0.6 is 0 Å². The van der Waals surface area contributed by atoms with E-state index in [0.29, 0.717) is 17.3 Å². The van der Waals surface area contributed by atoms with Crippen molar-refractivity contribution in [3.05, 3.63) is 29.9 Å². The average molecular weight is 189 g/mol. The van der Waals surface area contributed by atoms with E-state index in [1.54, 1.807) is 12.3 Å². The molecule has 0 bridgehead atoms. The van der Waals surface area contributed by atoms with Crippen LogP contribution in [0.1, 0.15) is 11.6 Å². The van der Waals surface area contributed by atoms with Gasteiger partial charge < -0.3 is 10.2 Å². The van der Waals surface area contributed by atoms with E-state index >= 15 is 0 Å². The number of hydrogen-bond donors (Lipinski definition) is 1. The van der Waals surface area contributed by atoms with Gasteiger partial charge in [-0.25, -0.2) is 4.98 Å². The van der Waals surface area contributed by atoms with Gasteiger partial charge in [-0.2, -0.15) is 0 Å². The summed E-state index contributed by atoms with van der Waals surface area (Å²) in [4.78, 5) is 8.34. The van der Waals surface area contributed by atoms with E-state index in [4.69, 9.17) is 10.2 Å². The second-order valence-electron chi connectivity index (χ2n) is 3.12. The Hall–Kier alpha value is -1.84. The number of anilines is 1. The summed E-state index contributed by atoms with van der Waals surface area (Å²) in [7, 11) is 0. The van der Waals surface area contributed by atoms with Crippen LogP contribution < -0.4 is 5.73 Å². The van der Waals surface area contributed by atoms with Crippen molar-refractivity contribution >= 4 is 5.69 Å². The molecule has 0 radical (unpaired) electrons. The van der Waals surface area contributed by atoms with Gasteiger partial charge in [0.1, 0.15) is 5.69 Å². The molecule has 0 saturated carbocycles. The van der Waals surface area contributed by atoms with E-state index in [1.165, 1.54) is 0 Å². The van der Waals surface area contributed by atoms with Crippen LogP contribution in [0.5, 0.6) is 0 Å². The maximum atomic E-state index is 5.54. The Morgan fingerprint density at radius 1 is 1.29 bits per heavy atom. The lowest BCUT2D eigenvalue weighted by molar-refractivity contribution is 0.532. The zero-order valence-corrected chi connectivity index (χ0v) is 8.11. The zero-order valence-electron chi connectivity index (χ0n) is 8.11. The maximum absolute atomic E-state index is 5.54. The number of nitrogens with two attached hydrogens (primary N) is 1. The second kappa shape index (κ2) is 3.14. The quantitative estimate of drug-likeness (QED) is 0.744. The predicted octanol–water partition coefficient (Wildman–Crippen LogP) is 1.94. The van der Waals surface area contributed by atoms with E-state index in [9.17, 15) is 0 Å². The Morgan fingerprint density at radius 2 is 2.07 bits per heavy atom. The second-order valence-corrected chi connectivity index (χ2v) is 3.12. The van der Waals surface area contributed by atoms with Crippen molar-refractivity contribution in [2.24, 2.45) is 0 Å². The predicted molar refractivity (Wildman–Crippen MR) is 53.6 cm³/mol. The first-order valence-electron chi connectivity index (χ1n) is 4.33. The highest BCUT2D eigenvalue weighted by atomic mass is 16.4. The molecule has 4 heteroatoms. The van der Waals surface area contributed by atoms with Gasteiger partial charge in [-0.15, -0.1) is 0 Å². The molecular formula is C10H11N3O. The number of pyridine rings is 1. The van der Waals surface area contributed by atoms with Crippen molar-refractivity contribution < 1.29 is 4.42 Å². The minimum atomic E-state index is 0.641. The Kier molecular flexibility index (Phi) is 1.96. The molecule has 0 aliphatic rings. The number of aryl methyl sites for hydroxylation is 2. The number of nitrogen functional groups attached to an aromatic ring is 1. The fourth-order valence-corrected chi connectivity index (χ4v) is 1.31. The third-order valence-electron chi connectivity index (χ3n) is 1.92. The van der Waals surface area contributed by atoms with E-state index < -0.39 is 0 Å². The summed E-state index contributed by atoms with van der Waals surface area (Å²) >= 11 is 0. The molecular weight excluding hydrogens is 178 g/mol. The first-order chi connectivity index (χ1) is 6.66. The van der Waals surface area contributed by atoms with Gasteiger partial charge in [0.05, 0.1) is 17.6 Å². The summed E-state index contributed by atoms with van der Waals surface area (Å²) in [6.07, 6.45) is 1.60. The van der Waals surface area contributed by atoms with E-state index in [0.717, 1.165) is 11.4 Å². The van der Waals surface area contributed by atoms with Crippen LogP contribution in [0, 0.1) is 13.8 Å². The topological polar surface area (TPSA) is 64.9 Å². The van der Waals surface area contributed by atoms with Crippen LogP contribution in [-0.4, -0.2) is 9.97 Å². The van der Waals surface area contributed by atoms with Gasteiger partial charge in [0.15, 0.2) is 11.7 Å². The molecule has 72 valence electrons. The van der Waals surface area contributed by atoms with Gasteiger partial charge in [-0.1, -0.05) is 0 Å². The lowest BCUT2D eigenvalue weighted by Crippen LogP contribution is -1.88. The maximum Gasteiger partial charge on any atom is 0.192 e. The van der Waals surface area contributed by atoms with Crippen molar-refractivity contribution in [2.45, 2.75) is 13.8 Å². The van der Waals surface area contributed by atoms with Crippen LogP contribution in [0.4, 0.5) is 5.69 Å². The fraction of sp³-hybridized carbons (Fsp3) is 0.200. The highest BCUT2D eigenvalue weighted by Crippen LogP contribution is 2.22. The van der Waals surface area contributed by atoms with Gasteiger partial charge in [0, 0.05) is 6.92 Å². The molecule has 0 amide bonds. The smallest absolute Gasteiger partial charge is 0.192 e. The summed E-state index contributed by atoms with van der Waals surface area (Å²) in [6.45, 7) is 3.71. The number of aromatic nitrogens is 2. The Labute approximate surface area is 81.8 Å². The van der Waals surface area contributed by atoms with Crippen LogP contribution in [0.3, 0.4) is 0 Å². The molecule has 2 aromatic heterocycles. The highest BCUT2D eigenvalue weighted by molar-refractivity contribution is 5.56. The summed E-state index contributed by atoms with van der Waals surface area (Å²) in [6, 6.07) is 3.61. The highest BCUT2D eigenvalue weighted by Gasteiger charge is 2.09. The van der Waals surface area contributed by atoms with Crippen molar-refractivity contribution in [1.82, 2.24) is 9.97 Å².